The predicted octanol–water partition coefficient (Wildman–Crippen LogP) is 4.91. The number of nitrogens with zero attached hydrogens (tertiary/aromatic N) is 4. The minimum atomic E-state index is -0.0806. The number of aromatic nitrogens is 4. The van der Waals surface area contributed by atoms with Gasteiger partial charge in [-0.15, -0.1) is 0 Å². The Morgan fingerprint density at radius 2 is 1.71 bits per heavy atom. The molecule has 1 amide bonds. The summed E-state index contributed by atoms with van der Waals surface area (Å²) >= 11 is 6.10. The minimum absolute atomic E-state index is 0.000544. The fourth-order valence-electron chi connectivity index (χ4n) is 5.66. The molecule has 8 heteroatoms. The number of carbonyl (C=O) groups is 1. The van der Waals surface area contributed by atoms with Gasteiger partial charge in [0, 0.05) is 35.4 Å². The van der Waals surface area contributed by atoms with Crippen LogP contribution in [0.3, 0.4) is 0 Å². The number of rotatable bonds is 3. The smallest absolute Gasteiger partial charge is 0.326 e. The highest BCUT2D eigenvalue weighted by Crippen LogP contribution is 2.30. The van der Waals surface area contributed by atoms with Crippen molar-refractivity contribution in [2.45, 2.75) is 51.0 Å². The Hall–Kier alpha value is -3.32. The fourth-order valence-corrected chi connectivity index (χ4v) is 5.78. The van der Waals surface area contributed by atoms with Crippen LogP contribution in [-0.4, -0.2) is 43.2 Å². The zero-order valence-corrected chi connectivity index (χ0v) is 20.3. The van der Waals surface area contributed by atoms with Gasteiger partial charge < -0.3 is 9.88 Å². The number of H-pyrrole nitrogens is 1. The standard InChI is InChI=1S/C27H28ClN5O2/c28-18-10-12-20(13-11-18)33-23-8-3-1-2-6-21(23)25(30-33)26(34)31-16-14-19(15-17-31)32-24-9-5-4-7-22(24)29-27(32)35/h4-5,7,9-13,19H,1-3,6,8,14-17H2,(H,29,35). The number of nitrogens with one attached hydrogen (secondary N) is 1. The van der Waals surface area contributed by atoms with Crippen LogP contribution >= 0.6 is 11.6 Å². The van der Waals surface area contributed by atoms with Crippen LogP contribution in [0.15, 0.2) is 53.3 Å². The maximum atomic E-state index is 13.7. The lowest BCUT2D eigenvalue weighted by atomic mass is 10.0. The highest BCUT2D eigenvalue weighted by molar-refractivity contribution is 6.30. The molecule has 35 heavy (non-hydrogen) atoms. The average molecular weight is 490 g/mol. The van der Waals surface area contributed by atoms with Gasteiger partial charge in [-0.3, -0.25) is 9.36 Å². The van der Waals surface area contributed by atoms with Crippen molar-refractivity contribution in [2.24, 2.45) is 0 Å². The Labute approximate surface area is 208 Å². The van der Waals surface area contributed by atoms with Gasteiger partial charge >= 0.3 is 5.69 Å². The first-order valence-electron chi connectivity index (χ1n) is 12.5. The highest BCUT2D eigenvalue weighted by atomic mass is 35.5. The fraction of sp³-hybridized carbons (Fsp3) is 0.370. The van der Waals surface area contributed by atoms with Crippen LogP contribution in [0.1, 0.15) is 59.9 Å². The number of para-hydroxylation sites is 2. The molecule has 0 atom stereocenters. The van der Waals surface area contributed by atoms with Crippen LogP contribution in [0.25, 0.3) is 16.7 Å². The minimum Gasteiger partial charge on any atom is -0.337 e. The summed E-state index contributed by atoms with van der Waals surface area (Å²) in [6, 6.07) is 15.5. The van der Waals surface area contributed by atoms with E-state index in [0.717, 1.165) is 72.9 Å². The number of hydrogen-bond acceptors (Lipinski definition) is 3. The maximum Gasteiger partial charge on any atom is 0.326 e. The molecule has 7 nitrogen and oxygen atoms in total. The second-order valence-corrected chi connectivity index (χ2v) is 10.00. The van der Waals surface area contributed by atoms with Gasteiger partial charge in [0.25, 0.3) is 5.91 Å². The van der Waals surface area contributed by atoms with E-state index < -0.39 is 0 Å². The van der Waals surface area contributed by atoms with E-state index >= 15 is 0 Å². The molecule has 4 aromatic rings. The van der Waals surface area contributed by atoms with Crippen molar-refractivity contribution >= 4 is 28.5 Å². The third-order valence-corrected chi connectivity index (χ3v) is 7.70. The SMILES string of the molecule is O=C(c1nn(-c2ccc(Cl)cc2)c2c1CCCCC2)N1CCC(n2c(=O)[nH]c3ccccc32)CC1. The van der Waals surface area contributed by atoms with E-state index in [1.165, 1.54) is 0 Å². The molecule has 0 spiro atoms. The van der Waals surface area contributed by atoms with E-state index in [1.54, 1.807) is 0 Å². The molecule has 6 rings (SSSR count). The van der Waals surface area contributed by atoms with Gasteiger partial charge in [0.15, 0.2) is 5.69 Å². The van der Waals surface area contributed by atoms with Crippen molar-refractivity contribution in [3.05, 3.63) is 81.0 Å². The quantitative estimate of drug-likeness (QED) is 0.415. The average Bonchev–Trinajstić information content (AvgIpc) is 3.30. The van der Waals surface area contributed by atoms with E-state index in [0.29, 0.717) is 23.8 Å². The van der Waals surface area contributed by atoms with Crippen molar-refractivity contribution in [1.29, 1.82) is 0 Å². The highest BCUT2D eigenvalue weighted by Gasteiger charge is 2.31. The first-order chi connectivity index (χ1) is 17.1. The summed E-state index contributed by atoms with van der Waals surface area (Å²) in [5.74, 6) is 0.000544. The van der Waals surface area contributed by atoms with Crippen LogP contribution in [0.4, 0.5) is 0 Å². The zero-order valence-electron chi connectivity index (χ0n) is 19.5. The predicted molar refractivity (Wildman–Crippen MR) is 137 cm³/mol. The summed E-state index contributed by atoms with van der Waals surface area (Å²) in [5.41, 5.74) is 5.46. The van der Waals surface area contributed by atoms with Crippen LogP contribution in [-0.2, 0) is 12.8 Å². The Morgan fingerprint density at radius 3 is 2.51 bits per heavy atom. The maximum absolute atomic E-state index is 13.7. The second kappa shape index (κ2) is 9.04. The van der Waals surface area contributed by atoms with Crippen molar-refractivity contribution < 1.29 is 4.79 Å². The number of aromatic amines is 1. The summed E-state index contributed by atoms with van der Waals surface area (Å²) in [7, 11) is 0. The van der Waals surface area contributed by atoms with Gasteiger partial charge in [-0.1, -0.05) is 30.2 Å². The molecule has 0 unspecified atom stereocenters. The number of likely N-dealkylation sites (tertiary alicyclic amines) is 1. The van der Waals surface area contributed by atoms with Crippen LogP contribution in [0, 0.1) is 0 Å². The summed E-state index contributed by atoms with van der Waals surface area (Å²) in [6.07, 6.45) is 6.62. The third kappa shape index (κ3) is 3.97. The van der Waals surface area contributed by atoms with Crippen LogP contribution < -0.4 is 5.69 Å². The molecule has 1 N–H and O–H groups in total. The number of hydrogen-bond donors (Lipinski definition) is 1. The number of benzene rings is 2. The molecule has 2 aromatic carbocycles. The molecule has 180 valence electrons. The summed E-state index contributed by atoms with van der Waals surface area (Å²) in [5, 5.41) is 5.54. The monoisotopic (exact) mass is 489 g/mol. The van der Waals surface area contributed by atoms with Gasteiger partial charge in [0.2, 0.25) is 0 Å². The second-order valence-electron chi connectivity index (χ2n) is 9.56. The van der Waals surface area contributed by atoms with E-state index in [9.17, 15) is 9.59 Å². The topological polar surface area (TPSA) is 75.9 Å². The van der Waals surface area contributed by atoms with Gasteiger partial charge in [0.05, 0.1) is 16.7 Å². The number of carbonyl (C=O) groups excluding carboxylic acids is 1. The number of fused-ring (bicyclic) bond motifs is 2. The van der Waals surface area contributed by atoms with E-state index in [-0.39, 0.29) is 17.6 Å². The Morgan fingerprint density at radius 1 is 0.971 bits per heavy atom. The lowest BCUT2D eigenvalue weighted by Crippen LogP contribution is -2.41. The molecular weight excluding hydrogens is 462 g/mol. The molecule has 0 radical (unpaired) electrons. The first kappa shape index (κ1) is 22.2. The van der Waals surface area contributed by atoms with E-state index in [4.69, 9.17) is 16.7 Å². The van der Waals surface area contributed by atoms with Crippen molar-refractivity contribution in [1.82, 2.24) is 24.2 Å². The molecule has 1 saturated heterocycles. The molecule has 3 heterocycles. The van der Waals surface area contributed by atoms with Crippen LogP contribution in [0.5, 0.6) is 0 Å². The molecule has 2 aromatic heterocycles. The lowest BCUT2D eigenvalue weighted by Gasteiger charge is -2.32. The summed E-state index contributed by atoms with van der Waals surface area (Å²) in [6.45, 7) is 1.22. The lowest BCUT2D eigenvalue weighted by molar-refractivity contribution is 0.0687. The first-order valence-corrected chi connectivity index (χ1v) is 12.8. The molecule has 1 fully saturated rings. The van der Waals surface area contributed by atoms with Gasteiger partial charge in [0.1, 0.15) is 0 Å². The van der Waals surface area contributed by atoms with Gasteiger partial charge in [-0.25, -0.2) is 9.48 Å². The number of amides is 1. The van der Waals surface area contributed by atoms with Crippen molar-refractivity contribution in [2.75, 3.05) is 13.1 Å². The summed E-state index contributed by atoms with van der Waals surface area (Å²) in [4.78, 5) is 31.2. The summed E-state index contributed by atoms with van der Waals surface area (Å²) < 4.78 is 3.81. The zero-order chi connectivity index (χ0) is 23.9. The Bertz CT molecular complexity index is 1440. The normalized spacial score (nSPS) is 16.9. The Balaban J connectivity index is 1.27. The Kier molecular flexibility index (Phi) is 5.72. The number of halogens is 1. The third-order valence-electron chi connectivity index (χ3n) is 7.44. The molecule has 1 aliphatic carbocycles. The molecule has 0 saturated carbocycles. The van der Waals surface area contributed by atoms with E-state index in [1.807, 2.05) is 62.7 Å². The van der Waals surface area contributed by atoms with Crippen LogP contribution in [0.2, 0.25) is 5.02 Å². The molecular formula is C27H28ClN5O2. The number of imidazole rings is 1. The van der Waals surface area contributed by atoms with Crippen molar-refractivity contribution in [3.63, 3.8) is 0 Å². The molecule has 0 bridgehead atoms. The van der Waals surface area contributed by atoms with Crippen molar-refractivity contribution in [3.8, 4) is 5.69 Å². The van der Waals surface area contributed by atoms with Gasteiger partial charge in [-0.2, -0.15) is 5.10 Å². The largest absolute Gasteiger partial charge is 0.337 e. The number of piperidine rings is 1. The van der Waals surface area contributed by atoms with E-state index in [2.05, 4.69) is 4.98 Å². The van der Waals surface area contributed by atoms with Gasteiger partial charge in [-0.05, 0) is 74.9 Å². The molecule has 1 aliphatic heterocycles. The molecule has 2 aliphatic rings.